The Kier molecular flexibility index (Phi) is 6.69. The first-order valence-corrected chi connectivity index (χ1v) is 11.8. The normalized spacial score (nSPS) is 10.6. The van der Waals surface area contributed by atoms with Crippen molar-refractivity contribution in [1.29, 1.82) is 0 Å². The first-order valence-electron chi connectivity index (χ1n) is 11.4. The molecule has 0 heterocycles. The zero-order valence-corrected chi connectivity index (χ0v) is 20.1. The first-order chi connectivity index (χ1) is 17.3. The smallest absolute Gasteiger partial charge is 0.142 e. The number of rotatable bonds is 7. The van der Waals surface area contributed by atoms with Crippen LogP contribution in [0.5, 0.6) is 5.75 Å². The average Bonchev–Trinajstić information content (AvgIpc) is 2.93. The number of anilines is 6. The van der Waals surface area contributed by atoms with Gasteiger partial charge in [-0.25, -0.2) is 0 Å². The van der Waals surface area contributed by atoms with E-state index in [2.05, 4.69) is 52.3 Å². The van der Waals surface area contributed by atoms with Crippen LogP contribution >= 0.6 is 11.6 Å². The molecule has 0 radical (unpaired) electrons. The molecule has 0 saturated heterocycles. The molecule has 0 amide bonds. The van der Waals surface area contributed by atoms with Gasteiger partial charge in [-0.15, -0.1) is 0 Å². The lowest BCUT2D eigenvalue weighted by atomic mass is 10.1. The molecule has 0 N–H and O–H groups in total. The van der Waals surface area contributed by atoms with Crippen LogP contribution in [0.15, 0.2) is 133 Å². The maximum Gasteiger partial charge on any atom is 0.142 e. The van der Waals surface area contributed by atoms with Crippen LogP contribution in [0.2, 0.25) is 5.02 Å². The number of para-hydroxylation sites is 5. The van der Waals surface area contributed by atoms with Crippen molar-refractivity contribution in [1.82, 2.24) is 0 Å². The molecule has 0 unspecified atom stereocenters. The fourth-order valence-corrected chi connectivity index (χ4v) is 4.53. The van der Waals surface area contributed by atoms with Gasteiger partial charge in [0, 0.05) is 17.1 Å². The minimum atomic E-state index is 0.634. The fraction of sp³-hybridized carbons (Fsp3) is 0.0323. The number of nitrogens with zero attached hydrogens (tertiary/aromatic N) is 2. The van der Waals surface area contributed by atoms with Crippen LogP contribution in [0.4, 0.5) is 34.1 Å². The Labute approximate surface area is 211 Å². The van der Waals surface area contributed by atoms with E-state index in [1.54, 1.807) is 7.11 Å². The van der Waals surface area contributed by atoms with Crippen LogP contribution in [-0.2, 0) is 0 Å². The molecular formula is C31H25ClN2O. The van der Waals surface area contributed by atoms with E-state index < -0.39 is 0 Å². The van der Waals surface area contributed by atoms with Crippen LogP contribution in [0, 0.1) is 0 Å². The number of halogens is 1. The van der Waals surface area contributed by atoms with Crippen molar-refractivity contribution in [3.63, 3.8) is 0 Å². The number of hydrogen-bond donors (Lipinski definition) is 0. The van der Waals surface area contributed by atoms with E-state index in [0.717, 1.165) is 39.9 Å². The van der Waals surface area contributed by atoms with E-state index in [1.807, 2.05) is 91.0 Å². The third-order valence-electron chi connectivity index (χ3n) is 5.81. The van der Waals surface area contributed by atoms with Gasteiger partial charge >= 0.3 is 0 Å². The fourth-order valence-electron chi connectivity index (χ4n) is 4.23. The summed E-state index contributed by atoms with van der Waals surface area (Å²) in [4.78, 5) is 4.32. The zero-order valence-electron chi connectivity index (χ0n) is 19.4. The predicted molar refractivity (Wildman–Crippen MR) is 147 cm³/mol. The molecule has 0 aliphatic heterocycles. The van der Waals surface area contributed by atoms with Crippen LogP contribution in [-0.4, -0.2) is 7.11 Å². The summed E-state index contributed by atoms with van der Waals surface area (Å²) in [6.45, 7) is 0. The van der Waals surface area contributed by atoms with Crippen molar-refractivity contribution >= 4 is 45.7 Å². The molecule has 35 heavy (non-hydrogen) atoms. The summed E-state index contributed by atoms with van der Waals surface area (Å²) in [6.07, 6.45) is 0. The molecule has 0 spiro atoms. The molecule has 172 valence electrons. The van der Waals surface area contributed by atoms with Gasteiger partial charge in [-0.3, -0.25) is 0 Å². The van der Waals surface area contributed by atoms with Crippen LogP contribution < -0.4 is 14.5 Å². The predicted octanol–water partition coefficient (Wildman–Crippen LogP) is 9.29. The Hall–Kier alpha value is -4.21. The van der Waals surface area contributed by atoms with Gasteiger partial charge in [-0.2, -0.15) is 0 Å². The molecular weight excluding hydrogens is 452 g/mol. The maximum absolute atomic E-state index is 7.27. The molecule has 0 aromatic heterocycles. The highest BCUT2D eigenvalue weighted by Gasteiger charge is 2.23. The molecule has 3 nitrogen and oxygen atoms in total. The van der Waals surface area contributed by atoms with E-state index in [-0.39, 0.29) is 0 Å². The molecule has 0 atom stereocenters. The average molecular weight is 477 g/mol. The summed E-state index contributed by atoms with van der Waals surface area (Å²) >= 11 is 7.27. The summed E-state index contributed by atoms with van der Waals surface area (Å²) in [5, 5.41) is 0.634. The highest BCUT2D eigenvalue weighted by Crippen LogP contribution is 2.47. The Morgan fingerprint density at radius 1 is 0.457 bits per heavy atom. The van der Waals surface area contributed by atoms with Gasteiger partial charge in [-0.05, 0) is 60.7 Å². The SMILES string of the molecule is COc1ccccc1N(c1ccccc1)c1cccc(N(c2ccccc2)c2ccccc2)c1Cl. The number of methoxy groups -OCH3 is 1. The van der Waals surface area contributed by atoms with E-state index in [0.29, 0.717) is 5.02 Å². The highest BCUT2D eigenvalue weighted by molar-refractivity contribution is 6.36. The van der Waals surface area contributed by atoms with Crippen LogP contribution in [0.3, 0.4) is 0 Å². The molecule has 5 aromatic carbocycles. The van der Waals surface area contributed by atoms with Crippen molar-refractivity contribution in [2.24, 2.45) is 0 Å². The van der Waals surface area contributed by atoms with E-state index in [1.165, 1.54) is 0 Å². The topological polar surface area (TPSA) is 15.7 Å². The molecule has 5 aromatic rings. The molecule has 5 rings (SSSR count). The monoisotopic (exact) mass is 476 g/mol. The summed E-state index contributed by atoms with van der Waals surface area (Å²) < 4.78 is 5.73. The van der Waals surface area contributed by atoms with Crippen molar-refractivity contribution < 1.29 is 4.74 Å². The minimum absolute atomic E-state index is 0.634. The summed E-state index contributed by atoms with van der Waals surface area (Å²) in [5.41, 5.74) is 5.70. The van der Waals surface area contributed by atoms with Crippen LogP contribution in [0.1, 0.15) is 0 Å². The standard InChI is InChI=1S/C31H25ClN2O/c1-35-30-23-12-11-20-27(30)34(26-18-9-4-10-19-26)29-22-13-21-28(31(29)32)33(24-14-5-2-6-15-24)25-16-7-3-8-17-25/h2-23H,1H3. The Balaban J connectivity index is 1.73. The molecule has 0 aliphatic rings. The van der Waals surface area contributed by atoms with Gasteiger partial charge in [0.15, 0.2) is 0 Å². The van der Waals surface area contributed by atoms with Gasteiger partial charge in [0.05, 0.1) is 29.2 Å². The van der Waals surface area contributed by atoms with Gasteiger partial charge < -0.3 is 14.5 Å². The van der Waals surface area contributed by atoms with Gasteiger partial charge in [0.1, 0.15) is 5.75 Å². The van der Waals surface area contributed by atoms with Crippen molar-refractivity contribution in [2.45, 2.75) is 0 Å². The van der Waals surface area contributed by atoms with Gasteiger partial charge in [0.25, 0.3) is 0 Å². The minimum Gasteiger partial charge on any atom is -0.495 e. The van der Waals surface area contributed by atoms with Gasteiger partial charge in [-0.1, -0.05) is 84.4 Å². The molecule has 0 bridgehead atoms. The quantitative estimate of drug-likeness (QED) is 0.233. The Morgan fingerprint density at radius 3 is 1.37 bits per heavy atom. The number of hydrogen-bond acceptors (Lipinski definition) is 3. The third-order valence-corrected chi connectivity index (χ3v) is 6.20. The van der Waals surface area contributed by atoms with Crippen LogP contribution in [0.25, 0.3) is 0 Å². The van der Waals surface area contributed by atoms with Crippen molar-refractivity contribution in [2.75, 3.05) is 16.9 Å². The highest BCUT2D eigenvalue weighted by atomic mass is 35.5. The van der Waals surface area contributed by atoms with E-state index in [9.17, 15) is 0 Å². The second-order valence-corrected chi connectivity index (χ2v) is 8.34. The summed E-state index contributed by atoms with van der Waals surface area (Å²) in [5.74, 6) is 0.765. The third kappa shape index (κ3) is 4.59. The van der Waals surface area contributed by atoms with Gasteiger partial charge in [0.2, 0.25) is 0 Å². The first kappa shape index (κ1) is 22.6. The molecule has 0 saturated carbocycles. The van der Waals surface area contributed by atoms with Crippen molar-refractivity contribution in [3.8, 4) is 5.75 Å². The number of benzene rings is 5. The second kappa shape index (κ2) is 10.4. The Morgan fingerprint density at radius 2 is 0.857 bits per heavy atom. The lowest BCUT2D eigenvalue weighted by Crippen LogP contribution is -2.14. The molecule has 0 fully saturated rings. The largest absolute Gasteiger partial charge is 0.495 e. The maximum atomic E-state index is 7.27. The zero-order chi connectivity index (χ0) is 24.0. The summed E-state index contributed by atoms with van der Waals surface area (Å²) in [7, 11) is 1.69. The lowest BCUT2D eigenvalue weighted by molar-refractivity contribution is 0.416. The van der Waals surface area contributed by atoms with E-state index >= 15 is 0 Å². The number of ether oxygens (including phenoxy) is 1. The second-order valence-electron chi connectivity index (χ2n) is 7.96. The summed E-state index contributed by atoms with van der Waals surface area (Å²) in [6, 6.07) is 44.8. The Bertz CT molecular complexity index is 1350. The molecule has 4 heteroatoms. The molecule has 0 aliphatic carbocycles. The lowest BCUT2D eigenvalue weighted by Gasteiger charge is -2.31. The van der Waals surface area contributed by atoms with Crippen molar-refractivity contribution in [3.05, 3.63) is 138 Å². The van der Waals surface area contributed by atoms with E-state index in [4.69, 9.17) is 16.3 Å².